The molecule has 0 saturated carbocycles. The summed E-state index contributed by atoms with van der Waals surface area (Å²) in [6.45, 7) is 12.4. The van der Waals surface area contributed by atoms with Crippen molar-refractivity contribution in [3.63, 3.8) is 0 Å². The van der Waals surface area contributed by atoms with Crippen LogP contribution in [-0.4, -0.2) is 15.6 Å². The fraction of sp³-hybridized carbons (Fsp3) is 0.296. The maximum absolute atomic E-state index is 12.8. The van der Waals surface area contributed by atoms with Gasteiger partial charge in [-0.1, -0.05) is 80.6 Å². The topological polar surface area (TPSA) is 39.2 Å². The molecule has 1 aromatic heterocycles. The van der Waals surface area contributed by atoms with Gasteiger partial charge < -0.3 is 4.79 Å². The summed E-state index contributed by atoms with van der Waals surface area (Å²) in [6.07, 6.45) is 3.76. The lowest BCUT2D eigenvalue weighted by Gasteiger charge is -2.45. The third kappa shape index (κ3) is 3.04. The van der Waals surface area contributed by atoms with Gasteiger partial charge in [-0.15, -0.1) is 0 Å². The lowest BCUT2D eigenvalue weighted by Crippen LogP contribution is -2.46. The highest BCUT2D eigenvalue weighted by Crippen LogP contribution is 2.51. The van der Waals surface area contributed by atoms with Gasteiger partial charge in [-0.3, -0.25) is 4.68 Å². The number of fused-ring (bicyclic) bond motifs is 3. The zero-order chi connectivity index (χ0) is 21.6. The molecular formula is C27H25N3O. The second kappa shape index (κ2) is 7.35. The van der Waals surface area contributed by atoms with E-state index in [-0.39, 0.29) is 23.3 Å². The summed E-state index contributed by atoms with van der Waals surface area (Å²) in [5, 5.41) is 5.11. The van der Waals surface area contributed by atoms with Gasteiger partial charge in [-0.2, -0.15) is 5.10 Å². The van der Waals surface area contributed by atoms with Gasteiger partial charge in [0.1, 0.15) is 0 Å². The van der Waals surface area contributed by atoms with E-state index in [0.717, 1.165) is 29.8 Å². The molecule has 4 nitrogen and oxygen atoms in total. The first kappa shape index (κ1) is 19.5. The van der Waals surface area contributed by atoms with Gasteiger partial charge in [0.25, 0.3) is 0 Å². The van der Waals surface area contributed by atoms with Crippen LogP contribution in [0.1, 0.15) is 37.1 Å². The first-order chi connectivity index (χ1) is 15.0. The summed E-state index contributed by atoms with van der Waals surface area (Å²) >= 11 is 0. The highest BCUT2D eigenvalue weighted by atomic mass is 16.1. The van der Waals surface area contributed by atoms with Crippen molar-refractivity contribution in [1.29, 1.82) is 0 Å². The van der Waals surface area contributed by atoms with Crippen molar-refractivity contribution in [1.82, 2.24) is 9.78 Å². The van der Waals surface area contributed by atoms with Crippen LogP contribution in [0.3, 0.4) is 0 Å². The van der Waals surface area contributed by atoms with Gasteiger partial charge in [0.05, 0.1) is 24.5 Å². The van der Waals surface area contributed by atoms with Crippen LogP contribution >= 0.6 is 0 Å². The molecule has 0 unspecified atom stereocenters. The largest absolute Gasteiger partial charge is 0.308 e. The molecule has 4 heteroatoms. The van der Waals surface area contributed by atoms with Crippen LogP contribution in [0.2, 0.25) is 0 Å². The number of carbonyl (C=O) groups is 1. The third-order valence-corrected chi connectivity index (χ3v) is 7.09. The lowest BCUT2D eigenvalue weighted by molar-refractivity contribution is -0.121. The Balaban J connectivity index is 1.75. The molecule has 0 fully saturated rings. The Morgan fingerprint density at radius 1 is 1.13 bits per heavy atom. The summed E-state index contributed by atoms with van der Waals surface area (Å²) in [4.78, 5) is 16.4. The molecule has 0 saturated heterocycles. The van der Waals surface area contributed by atoms with Gasteiger partial charge in [0, 0.05) is 22.5 Å². The first-order valence-electron chi connectivity index (χ1n) is 10.9. The number of aromatic nitrogens is 2. The number of Topliss-reactive ketones (excluding diaryl/α,β-unsaturated/α-hetero) is 1. The van der Waals surface area contributed by atoms with E-state index in [1.807, 2.05) is 49.4 Å². The van der Waals surface area contributed by atoms with E-state index in [1.165, 1.54) is 11.1 Å². The van der Waals surface area contributed by atoms with E-state index in [2.05, 4.69) is 40.7 Å². The molecule has 0 radical (unpaired) electrons. The number of nitrogens with zero attached hydrogens (tertiary/aromatic N) is 3. The molecule has 154 valence electrons. The van der Waals surface area contributed by atoms with Crippen molar-refractivity contribution in [2.45, 2.75) is 38.6 Å². The Kier molecular flexibility index (Phi) is 4.63. The minimum atomic E-state index is -0.393. The van der Waals surface area contributed by atoms with E-state index < -0.39 is 5.41 Å². The van der Waals surface area contributed by atoms with Crippen molar-refractivity contribution < 1.29 is 4.79 Å². The Morgan fingerprint density at radius 2 is 1.81 bits per heavy atom. The molecule has 0 amide bonds. The smallest absolute Gasteiger partial charge is 0.226 e. The fourth-order valence-electron chi connectivity index (χ4n) is 5.62. The first-order valence-corrected chi connectivity index (χ1v) is 10.9. The standard InChI is InChI=1S/C27H25N3O/c1-18-22-15-14-21-24(20-12-8-5-9-13-20)29-30(17-19-10-6-4-7-11-19)26(21)27(22,2)16-23(28-3)25(18)31/h4-13,16,18,22H,14-15,17H2,1-2H3/t18-,22-,27-/m1/s1. The minimum absolute atomic E-state index is 0.0154. The molecule has 2 aliphatic rings. The van der Waals surface area contributed by atoms with Gasteiger partial charge in [-0.25, -0.2) is 4.85 Å². The number of hydrogen-bond donors (Lipinski definition) is 0. The Bertz CT molecular complexity index is 1220. The van der Waals surface area contributed by atoms with Crippen LogP contribution < -0.4 is 0 Å². The van der Waals surface area contributed by atoms with Gasteiger partial charge in [-0.05, 0) is 24.3 Å². The Morgan fingerprint density at radius 3 is 2.48 bits per heavy atom. The number of ketones is 1. The second-order valence-corrected chi connectivity index (χ2v) is 8.91. The quantitative estimate of drug-likeness (QED) is 0.542. The number of rotatable bonds is 3. The highest BCUT2D eigenvalue weighted by Gasteiger charge is 2.50. The monoisotopic (exact) mass is 407 g/mol. The van der Waals surface area contributed by atoms with Crippen LogP contribution in [0.15, 0.2) is 72.4 Å². The van der Waals surface area contributed by atoms with Crippen LogP contribution in [0.5, 0.6) is 0 Å². The van der Waals surface area contributed by atoms with Gasteiger partial charge in [0.2, 0.25) is 5.70 Å². The summed E-state index contributed by atoms with van der Waals surface area (Å²) in [5.41, 5.74) is 5.61. The average molecular weight is 408 g/mol. The summed E-state index contributed by atoms with van der Waals surface area (Å²) < 4.78 is 2.12. The number of benzene rings is 2. The molecule has 2 aromatic carbocycles. The van der Waals surface area contributed by atoms with E-state index in [9.17, 15) is 4.79 Å². The number of carbonyl (C=O) groups excluding carboxylic acids is 1. The average Bonchev–Trinajstić information content (AvgIpc) is 3.17. The van der Waals surface area contributed by atoms with Crippen molar-refractivity contribution in [3.8, 4) is 11.3 Å². The Labute approximate surface area is 183 Å². The van der Waals surface area contributed by atoms with E-state index in [0.29, 0.717) is 6.54 Å². The molecule has 3 atom stereocenters. The number of hydrogen-bond acceptors (Lipinski definition) is 2. The lowest BCUT2D eigenvalue weighted by atomic mass is 9.58. The maximum atomic E-state index is 12.8. The van der Waals surface area contributed by atoms with Crippen molar-refractivity contribution >= 4 is 5.78 Å². The fourth-order valence-corrected chi connectivity index (χ4v) is 5.62. The van der Waals surface area contributed by atoms with Crippen molar-refractivity contribution in [3.05, 3.63) is 101 Å². The predicted molar refractivity (Wildman–Crippen MR) is 121 cm³/mol. The highest BCUT2D eigenvalue weighted by molar-refractivity contribution is 6.00. The van der Waals surface area contributed by atoms with E-state index in [1.54, 1.807) is 0 Å². The van der Waals surface area contributed by atoms with E-state index >= 15 is 0 Å². The third-order valence-electron chi connectivity index (χ3n) is 7.09. The molecule has 0 N–H and O–H groups in total. The van der Waals surface area contributed by atoms with Crippen molar-refractivity contribution in [2.75, 3.05) is 0 Å². The normalized spacial score (nSPS) is 24.7. The molecule has 2 aliphatic carbocycles. The molecular weight excluding hydrogens is 382 g/mol. The van der Waals surface area contributed by atoms with Crippen LogP contribution in [0, 0.1) is 18.4 Å². The number of allylic oxidation sites excluding steroid dienone is 2. The van der Waals surface area contributed by atoms with Gasteiger partial charge >= 0.3 is 0 Å². The predicted octanol–water partition coefficient (Wildman–Crippen LogP) is 5.44. The minimum Gasteiger partial charge on any atom is -0.308 e. The molecule has 3 aromatic rings. The summed E-state index contributed by atoms with van der Waals surface area (Å²) in [6, 6.07) is 20.7. The zero-order valence-electron chi connectivity index (χ0n) is 17.9. The molecule has 31 heavy (non-hydrogen) atoms. The molecule has 5 rings (SSSR count). The van der Waals surface area contributed by atoms with Crippen LogP contribution in [-0.2, 0) is 23.2 Å². The van der Waals surface area contributed by atoms with Crippen molar-refractivity contribution in [2.24, 2.45) is 11.8 Å². The van der Waals surface area contributed by atoms with Gasteiger partial charge in [0.15, 0.2) is 5.78 Å². The molecule has 0 bridgehead atoms. The maximum Gasteiger partial charge on any atom is 0.226 e. The summed E-state index contributed by atoms with van der Waals surface area (Å²) in [5.74, 6) is -0.00122. The zero-order valence-corrected chi connectivity index (χ0v) is 17.9. The van der Waals surface area contributed by atoms with Crippen LogP contribution in [0.25, 0.3) is 16.1 Å². The van der Waals surface area contributed by atoms with Crippen LogP contribution in [0.4, 0.5) is 0 Å². The SMILES string of the molecule is [C-]#[N+]C1=C[C@@]2(C)c3c(c(-c4ccccc4)nn3Cc3ccccc3)CC[C@@H]2[C@@H](C)C1=O. The second-order valence-electron chi connectivity index (χ2n) is 8.91. The summed E-state index contributed by atoms with van der Waals surface area (Å²) in [7, 11) is 0. The molecule has 0 spiro atoms. The Hall–Kier alpha value is -3.45. The van der Waals surface area contributed by atoms with E-state index in [4.69, 9.17) is 11.7 Å². The molecule has 1 heterocycles. The molecule has 0 aliphatic heterocycles.